The maximum Gasteiger partial charge on any atom is 0.119 e. The van der Waals surface area contributed by atoms with Gasteiger partial charge in [-0.15, -0.1) is 0 Å². The summed E-state index contributed by atoms with van der Waals surface area (Å²) in [7, 11) is 0. The van der Waals surface area contributed by atoms with Crippen LogP contribution in [0.2, 0.25) is 0 Å². The second-order valence-electron chi connectivity index (χ2n) is 13.1. The highest BCUT2D eigenvalue weighted by Gasteiger charge is 2.28. The first kappa shape index (κ1) is 36.3. The molecule has 1 atom stereocenters. The van der Waals surface area contributed by atoms with Crippen LogP contribution in [0.4, 0.5) is 5.69 Å². The van der Waals surface area contributed by atoms with Gasteiger partial charge in [0.05, 0.1) is 30.7 Å². The van der Waals surface area contributed by atoms with E-state index in [4.69, 9.17) is 14.6 Å². The van der Waals surface area contributed by atoms with Crippen molar-refractivity contribution in [3.63, 3.8) is 0 Å². The zero-order valence-corrected chi connectivity index (χ0v) is 29.4. The van der Waals surface area contributed by atoms with E-state index in [1.807, 2.05) is 0 Å². The van der Waals surface area contributed by atoms with Crippen LogP contribution in [-0.2, 0) is 0 Å². The summed E-state index contributed by atoms with van der Waals surface area (Å²) >= 11 is 0. The number of ether oxygens (including phenoxy) is 2. The summed E-state index contributed by atoms with van der Waals surface area (Å²) < 4.78 is 12.1. The Bertz CT molecular complexity index is 1280. The van der Waals surface area contributed by atoms with Crippen molar-refractivity contribution in [2.45, 2.75) is 129 Å². The summed E-state index contributed by atoms with van der Waals surface area (Å²) in [5, 5.41) is 7.23. The largest absolute Gasteiger partial charge is 0.494 e. The molecular weight excluding hydrogens is 576 g/mol. The number of nitrogens with zero attached hydrogens (tertiary/aromatic N) is 2. The number of unbranched alkanes of at least 4 members (excludes halogenated alkanes) is 14. The van der Waals surface area contributed by atoms with Crippen molar-refractivity contribution < 1.29 is 9.47 Å². The normalized spacial score (nSPS) is 14.6. The molecule has 0 spiro atoms. The van der Waals surface area contributed by atoms with Crippen LogP contribution < -0.4 is 14.5 Å². The molecule has 0 fully saturated rings. The van der Waals surface area contributed by atoms with Crippen LogP contribution in [0.5, 0.6) is 11.5 Å². The fraction of sp³-hybridized carbons (Fsp3) is 0.512. The Morgan fingerprint density at radius 3 is 1.60 bits per heavy atom. The third kappa shape index (κ3) is 13.6. The Balaban J connectivity index is 1.24. The van der Waals surface area contributed by atoms with Gasteiger partial charge < -0.3 is 9.47 Å². The number of para-hydroxylation sites is 1. The molecule has 0 bridgehead atoms. The van der Waals surface area contributed by atoms with Gasteiger partial charge in [-0.05, 0) is 66.4 Å². The van der Waals surface area contributed by atoms with E-state index in [9.17, 15) is 0 Å². The molecule has 0 radical (unpaired) electrons. The molecule has 0 amide bonds. The molecule has 4 rings (SSSR count). The molecule has 1 aliphatic heterocycles. The standard InChI is InChI=1S/C43H60N2O2/c1-3-5-7-9-11-13-15-20-34-46-41-30-25-37(26-31-41)24-29-39-36-43(45(44-39)40-22-18-17-19-23-40)38-27-32-42(33-28-38)47-35-21-16-14-12-10-8-6-4-2/h17-19,22-33,43H,3-16,20-21,34-36H2,1-2H3/b29-24+. The van der Waals surface area contributed by atoms with E-state index in [0.29, 0.717) is 0 Å². The van der Waals surface area contributed by atoms with Crippen LogP contribution in [0.3, 0.4) is 0 Å². The van der Waals surface area contributed by atoms with E-state index < -0.39 is 0 Å². The van der Waals surface area contributed by atoms with Crippen molar-refractivity contribution >= 4 is 17.5 Å². The van der Waals surface area contributed by atoms with Gasteiger partial charge in [0.15, 0.2) is 0 Å². The van der Waals surface area contributed by atoms with E-state index in [1.165, 1.54) is 95.5 Å². The molecule has 0 saturated heterocycles. The first-order chi connectivity index (χ1) is 23.3. The van der Waals surface area contributed by atoms with E-state index in [2.05, 4.69) is 110 Å². The molecule has 3 aromatic rings. The molecule has 4 heteroatoms. The summed E-state index contributed by atoms with van der Waals surface area (Å²) in [4.78, 5) is 0. The molecule has 254 valence electrons. The molecule has 47 heavy (non-hydrogen) atoms. The second-order valence-corrected chi connectivity index (χ2v) is 13.1. The highest BCUT2D eigenvalue weighted by Crippen LogP contribution is 2.36. The van der Waals surface area contributed by atoms with Crippen molar-refractivity contribution in [3.05, 3.63) is 96.1 Å². The average molecular weight is 637 g/mol. The van der Waals surface area contributed by atoms with Crippen molar-refractivity contribution in [3.8, 4) is 11.5 Å². The lowest BCUT2D eigenvalue weighted by atomic mass is 10.0. The zero-order chi connectivity index (χ0) is 32.8. The molecule has 0 aliphatic carbocycles. The number of rotatable bonds is 24. The molecule has 4 nitrogen and oxygen atoms in total. The lowest BCUT2D eigenvalue weighted by Crippen LogP contribution is -2.18. The van der Waals surface area contributed by atoms with Gasteiger partial charge in [0.2, 0.25) is 0 Å². The molecular formula is C43H60N2O2. The molecule has 0 saturated carbocycles. The Kier molecular flexibility index (Phi) is 17.1. The van der Waals surface area contributed by atoms with Crippen LogP contribution in [0.15, 0.2) is 90.0 Å². The molecule has 3 aromatic carbocycles. The van der Waals surface area contributed by atoms with Gasteiger partial charge >= 0.3 is 0 Å². The van der Waals surface area contributed by atoms with E-state index in [1.54, 1.807) is 0 Å². The second kappa shape index (κ2) is 22.1. The van der Waals surface area contributed by atoms with Gasteiger partial charge in [0, 0.05) is 6.42 Å². The molecule has 1 aliphatic rings. The predicted molar refractivity (Wildman–Crippen MR) is 202 cm³/mol. The van der Waals surface area contributed by atoms with Crippen LogP contribution in [0.1, 0.15) is 140 Å². The van der Waals surface area contributed by atoms with Gasteiger partial charge in [-0.2, -0.15) is 5.10 Å². The van der Waals surface area contributed by atoms with Gasteiger partial charge in [0.25, 0.3) is 0 Å². The Morgan fingerprint density at radius 1 is 0.574 bits per heavy atom. The van der Waals surface area contributed by atoms with E-state index in [0.717, 1.165) is 60.9 Å². The number of hydrazone groups is 1. The summed E-state index contributed by atoms with van der Waals surface area (Å²) in [6.45, 7) is 6.13. The first-order valence-corrected chi connectivity index (χ1v) is 18.8. The minimum atomic E-state index is 0.144. The van der Waals surface area contributed by atoms with Crippen LogP contribution in [0, 0.1) is 0 Å². The lowest BCUT2D eigenvalue weighted by molar-refractivity contribution is 0.304. The number of hydrogen-bond donors (Lipinski definition) is 0. The van der Waals surface area contributed by atoms with E-state index >= 15 is 0 Å². The maximum atomic E-state index is 6.09. The lowest BCUT2D eigenvalue weighted by Gasteiger charge is -2.24. The van der Waals surface area contributed by atoms with Gasteiger partial charge in [-0.1, -0.05) is 152 Å². The quantitative estimate of drug-likeness (QED) is 0.0918. The summed E-state index contributed by atoms with van der Waals surface area (Å²) in [5.74, 6) is 1.90. The number of allylic oxidation sites excluding steroid dienone is 1. The molecule has 0 aromatic heterocycles. The summed E-state index contributed by atoms with van der Waals surface area (Å²) in [6, 6.07) is 27.7. The number of anilines is 1. The Morgan fingerprint density at radius 2 is 1.06 bits per heavy atom. The van der Waals surface area contributed by atoms with Crippen LogP contribution in [-0.4, -0.2) is 18.9 Å². The maximum absolute atomic E-state index is 6.09. The van der Waals surface area contributed by atoms with Gasteiger partial charge in [-0.25, -0.2) is 0 Å². The first-order valence-electron chi connectivity index (χ1n) is 18.8. The summed E-state index contributed by atoms with van der Waals surface area (Å²) in [5.41, 5.74) is 4.58. The predicted octanol–water partition coefficient (Wildman–Crippen LogP) is 12.7. The van der Waals surface area contributed by atoms with Crippen molar-refractivity contribution in [1.82, 2.24) is 0 Å². The minimum Gasteiger partial charge on any atom is -0.494 e. The highest BCUT2D eigenvalue weighted by molar-refractivity contribution is 6.01. The molecule has 1 unspecified atom stereocenters. The zero-order valence-electron chi connectivity index (χ0n) is 29.4. The average Bonchev–Trinajstić information content (AvgIpc) is 3.55. The minimum absolute atomic E-state index is 0.144. The molecule has 1 heterocycles. The van der Waals surface area contributed by atoms with Crippen molar-refractivity contribution in [2.24, 2.45) is 5.10 Å². The molecule has 0 N–H and O–H groups in total. The van der Waals surface area contributed by atoms with Crippen molar-refractivity contribution in [1.29, 1.82) is 0 Å². The monoisotopic (exact) mass is 636 g/mol. The Hall–Kier alpha value is -3.53. The smallest absolute Gasteiger partial charge is 0.119 e. The van der Waals surface area contributed by atoms with E-state index in [-0.39, 0.29) is 6.04 Å². The summed E-state index contributed by atoms with van der Waals surface area (Å²) in [6.07, 6.45) is 26.2. The number of benzene rings is 3. The fourth-order valence-corrected chi connectivity index (χ4v) is 6.22. The SMILES string of the molecule is CCCCCCCCCCOc1ccc(/C=C/C2=NN(c3ccccc3)C(c3ccc(OCCCCCCCCCC)cc3)C2)cc1. The third-order valence-corrected chi connectivity index (χ3v) is 9.10. The topological polar surface area (TPSA) is 34.1 Å². The van der Waals surface area contributed by atoms with Crippen molar-refractivity contribution in [2.75, 3.05) is 18.2 Å². The fourth-order valence-electron chi connectivity index (χ4n) is 6.22. The number of hydrogen-bond acceptors (Lipinski definition) is 4. The van der Waals surface area contributed by atoms with Gasteiger partial charge in [-0.3, -0.25) is 5.01 Å². The van der Waals surface area contributed by atoms with Gasteiger partial charge in [0.1, 0.15) is 11.5 Å². The highest BCUT2D eigenvalue weighted by atomic mass is 16.5. The van der Waals surface area contributed by atoms with Crippen LogP contribution >= 0.6 is 0 Å². The third-order valence-electron chi connectivity index (χ3n) is 9.10. The Labute approximate surface area is 286 Å². The van der Waals surface area contributed by atoms with Crippen LogP contribution in [0.25, 0.3) is 6.08 Å².